The summed E-state index contributed by atoms with van der Waals surface area (Å²) >= 11 is 0. The van der Waals surface area contributed by atoms with Crippen molar-refractivity contribution in [3.63, 3.8) is 0 Å². The Bertz CT molecular complexity index is 3570. The molecule has 0 bridgehead atoms. The summed E-state index contributed by atoms with van der Waals surface area (Å²) in [7, 11) is 0. The summed E-state index contributed by atoms with van der Waals surface area (Å²) in [5, 5.41) is 5.91. The minimum absolute atomic E-state index is 0.697. The smallest absolute Gasteiger partial charge is 0.160 e. The molecule has 0 fully saturated rings. The summed E-state index contributed by atoms with van der Waals surface area (Å²) < 4.78 is 4.85. The molecule has 3 heterocycles. The van der Waals surface area contributed by atoms with Gasteiger partial charge in [0.05, 0.1) is 33.3 Å². The molecule has 3 aromatic heterocycles. The minimum atomic E-state index is 0.697. The van der Waals surface area contributed by atoms with Crippen molar-refractivity contribution in [2.45, 2.75) is 0 Å². The van der Waals surface area contributed by atoms with Crippen LogP contribution in [-0.2, 0) is 0 Å². The summed E-state index contributed by atoms with van der Waals surface area (Å²) in [5.41, 5.74) is 15.3. The molecule has 12 rings (SSSR count). The lowest BCUT2D eigenvalue weighted by molar-refractivity contribution is 1.17. The maximum atomic E-state index is 5.41. The third-order valence-corrected chi connectivity index (χ3v) is 11.9. The highest BCUT2D eigenvalue weighted by molar-refractivity contribution is 6.26. The van der Waals surface area contributed by atoms with Crippen molar-refractivity contribution in [1.82, 2.24) is 19.1 Å². The first-order valence-corrected chi connectivity index (χ1v) is 20.4. The molecule has 0 aliphatic heterocycles. The first-order chi connectivity index (χ1) is 29.8. The van der Waals surface area contributed by atoms with Gasteiger partial charge in [-0.1, -0.05) is 164 Å². The Labute approximate surface area is 346 Å². The average Bonchev–Trinajstić information content (AvgIpc) is 3.85. The number of aromatic nitrogens is 4. The zero-order valence-electron chi connectivity index (χ0n) is 32.6. The summed E-state index contributed by atoms with van der Waals surface area (Å²) in [6.45, 7) is 0. The van der Waals surface area contributed by atoms with Gasteiger partial charge in [-0.05, 0) is 76.9 Å². The van der Waals surface area contributed by atoms with Crippen molar-refractivity contribution in [2.75, 3.05) is 0 Å². The molecule has 0 aliphatic carbocycles. The Morgan fingerprint density at radius 2 is 0.883 bits per heavy atom. The predicted octanol–water partition coefficient (Wildman–Crippen LogP) is 14.5. The Hall–Kier alpha value is -8.08. The van der Waals surface area contributed by atoms with Gasteiger partial charge in [0, 0.05) is 49.4 Å². The monoisotopic (exact) mass is 764 g/mol. The number of fused-ring (bicyclic) bond motifs is 8. The highest BCUT2D eigenvalue weighted by Crippen LogP contribution is 2.43. The number of nitrogens with zero attached hydrogens (tertiary/aromatic N) is 4. The fourth-order valence-corrected chi connectivity index (χ4v) is 9.16. The van der Waals surface area contributed by atoms with E-state index in [1.165, 1.54) is 43.7 Å². The molecule has 4 nitrogen and oxygen atoms in total. The normalized spacial score (nSPS) is 11.7. The Balaban J connectivity index is 1.10. The second-order valence-electron chi connectivity index (χ2n) is 15.4. The number of hydrogen-bond acceptors (Lipinski definition) is 2. The van der Waals surface area contributed by atoms with Crippen LogP contribution in [0.25, 0.3) is 111 Å². The van der Waals surface area contributed by atoms with Gasteiger partial charge >= 0.3 is 0 Å². The van der Waals surface area contributed by atoms with Gasteiger partial charge in [-0.25, -0.2) is 9.97 Å². The maximum absolute atomic E-state index is 5.41. The van der Waals surface area contributed by atoms with Gasteiger partial charge in [0.1, 0.15) is 0 Å². The van der Waals surface area contributed by atoms with E-state index in [-0.39, 0.29) is 0 Å². The molecule has 0 radical (unpaired) electrons. The van der Waals surface area contributed by atoms with E-state index >= 15 is 0 Å². The number of rotatable bonds is 6. The molecule has 0 unspecified atom stereocenters. The molecule has 0 saturated heterocycles. The Morgan fingerprint density at radius 3 is 1.63 bits per heavy atom. The van der Waals surface area contributed by atoms with E-state index in [1.54, 1.807) is 0 Å². The third-order valence-electron chi connectivity index (χ3n) is 11.9. The molecule has 12 aromatic rings. The van der Waals surface area contributed by atoms with E-state index in [2.05, 4.69) is 221 Å². The van der Waals surface area contributed by atoms with Gasteiger partial charge < -0.3 is 9.13 Å². The van der Waals surface area contributed by atoms with E-state index in [4.69, 9.17) is 9.97 Å². The van der Waals surface area contributed by atoms with Crippen molar-refractivity contribution in [2.24, 2.45) is 0 Å². The zero-order chi connectivity index (χ0) is 39.6. The van der Waals surface area contributed by atoms with Crippen LogP contribution < -0.4 is 0 Å². The molecule has 0 aliphatic rings. The van der Waals surface area contributed by atoms with Gasteiger partial charge in [0.25, 0.3) is 0 Å². The first-order valence-electron chi connectivity index (χ1n) is 20.4. The van der Waals surface area contributed by atoms with Gasteiger partial charge in [-0.15, -0.1) is 0 Å². The fourth-order valence-electron chi connectivity index (χ4n) is 9.16. The van der Waals surface area contributed by atoms with Crippen molar-refractivity contribution in [3.05, 3.63) is 218 Å². The predicted molar refractivity (Wildman–Crippen MR) is 250 cm³/mol. The summed E-state index contributed by atoms with van der Waals surface area (Å²) in [6.07, 6.45) is 0. The van der Waals surface area contributed by atoms with Crippen LogP contribution in [-0.4, -0.2) is 19.1 Å². The molecular formula is C56H36N4. The molecule has 9 aromatic carbocycles. The summed E-state index contributed by atoms with van der Waals surface area (Å²) in [4.78, 5) is 10.7. The van der Waals surface area contributed by atoms with Crippen LogP contribution in [0.1, 0.15) is 0 Å². The molecule has 4 heteroatoms. The second kappa shape index (κ2) is 13.8. The molecule has 60 heavy (non-hydrogen) atoms. The average molecular weight is 765 g/mol. The van der Waals surface area contributed by atoms with Gasteiger partial charge in [-0.2, -0.15) is 0 Å². The largest absolute Gasteiger partial charge is 0.309 e. The fraction of sp³-hybridized carbons (Fsp3) is 0. The third kappa shape index (κ3) is 5.46. The topological polar surface area (TPSA) is 35.6 Å². The van der Waals surface area contributed by atoms with Gasteiger partial charge in [0.15, 0.2) is 5.82 Å². The standard InChI is InChI=1S/C56H36N4/c1-4-15-37(16-5-1)39-27-29-40(30-28-39)56-57-49-33-31-44(36-48(49)54(58-56)42-20-14-19-41(35-42)38-17-6-2-7-18-38)59-51-26-13-11-24-47(51)53-52(59)34-32-46-45-23-10-12-25-50(45)60(55(46)53)43-21-8-3-9-22-43/h1-36H. The lowest BCUT2D eigenvalue weighted by atomic mass is 9.99. The van der Waals surface area contributed by atoms with Crippen LogP contribution in [0.2, 0.25) is 0 Å². The van der Waals surface area contributed by atoms with E-state index < -0.39 is 0 Å². The van der Waals surface area contributed by atoms with Crippen molar-refractivity contribution in [3.8, 4) is 56.3 Å². The second-order valence-corrected chi connectivity index (χ2v) is 15.4. The lowest BCUT2D eigenvalue weighted by Crippen LogP contribution is -1.99. The highest BCUT2D eigenvalue weighted by Gasteiger charge is 2.22. The van der Waals surface area contributed by atoms with Crippen LogP contribution in [0.15, 0.2) is 218 Å². The number of hydrogen-bond donors (Lipinski definition) is 0. The van der Waals surface area contributed by atoms with Crippen molar-refractivity contribution in [1.29, 1.82) is 0 Å². The molecule has 0 saturated carbocycles. The van der Waals surface area contributed by atoms with E-state index in [9.17, 15) is 0 Å². The van der Waals surface area contributed by atoms with E-state index in [0.29, 0.717) is 5.82 Å². The number of para-hydroxylation sites is 3. The molecule has 0 atom stereocenters. The SMILES string of the molecule is c1ccc(-c2ccc(-c3nc(-c4cccc(-c5ccccc5)c4)c4cc(-n5c6ccccc6c6c5ccc5c7ccccc7n(-c7ccccc7)c56)ccc4n3)cc2)cc1. The molecule has 0 amide bonds. The van der Waals surface area contributed by atoms with Crippen LogP contribution in [0.5, 0.6) is 0 Å². The van der Waals surface area contributed by atoms with Crippen LogP contribution in [0.4, 0.5) is 0 Å². The van der Waals surface area contributed by atoms with Crippen LogP contribution in [0.3, 0.4) is 0 Å². The summed E-state index contributed by atoms with van der Waals surface area (Å²) in [6, 6.07) is 77.9. The zero-order valence-corrected chi connectivity index (χ0v) is 32.6. The molecule has 280 valence electrons. The van der Waals surface area contributed by atoms with Crippen LogP contribution in [0, 0.1) is 0 Å². The quantitative estimate of drug-likeness (QED) is 0.169. The highest BCUT2D eigenvalue weighted by atomic mass is 15.0. The first kappa shape index (κ1) is 34.0. The number of benzene rings is 9. The maximum Gasteiger partial charge on any atom is 0.160 e. The Morgan fingerprint density at radius 1 is 0.300 bits per heavy atom. The minimum Gasteiger partial charge on any atom is -0.309 e. The Kier molecular flexibility index (Phi) is 7.82. The van der Waals surface area contributed by atoms with Gasteiger partial charge in [0.2, 0.25) is 0 Å². The summed E-state index contributed by atoms with van der Waals surface area (Å²) in [5.74, 6) is 0.697. The van der Waals surface area contributed by atoms with Crippen molar-refractivity contribution >= 4 is 54.5 Å². The van der Waals surface area contributed by atoms with Crippen molar-refractivity contribution < 1.29 is 0 Å². The molecule has 0 N–H and O–H groups in total. The van der Waals surface area contributed by atoms with E-state index in [1.807, 2.05) is 6.07 Å². The molecule has 0 spiro atoms. The van der Waals surface area contributed by atoms with Gasteiger partial charge in [-0.3, -0.25) is 0 Å². The van der Waals surface area contributed by atoms with Crippen LogP contribution >= 0.6 is 0 Å². The lowest BCUT2D eigenvalue weighted by Gasteiger charge is -2.14. The molecular weight excluding hydrogens is 729 g/mol. The van der Waals surface area contributed by atoms with E-state index in [0.717, 1.165) is 61.3 Å².